The van der Waals surface area contributed by atoms with Crippen molar-refractivity contribution in [2.45, 2.75) is 0 Å². The molecule has 136 valence electrons. The number of hydrogen-bond donors (Lipinski definition) is 0. The summed E-state index contributed by atoms with van der Waals surface area (Å²) < 4.78 is 8.87. The zero-order valence-electron chi connectivity index (χ0n) is 14.6. The Morgan fingerprint density at radius 2 is 0.815 bits per heavy atom. The van der Waals surface area contributed by atoms with Gasteiger partial charge in [-0.1, -0.05) is 24.3 Å². The van der Waals surface area contributed by atoms with Crippen LogP contribution >= 0.6 is 0 Å². The number of carboxylic acids is 2. The Morgan fingerprint density at radius 3 is 1.00 bits per heavy atom. The summed E-state index contributed by atoms with van der Waals surface area (Å²) >= 11 is 0. The summed E-state index contributed by atoms with van der Waals surface area (Å²) in [6.07, 6.45) is 0. The Labute approximate surface area is 195 Å². The summed E-state index contributed by atoms with van der Waals surface area (Å²) in [6.45, 7) is 0. The fourth-order valence-electron chi connectivity index (χ4n) is 1.72. The fraction of sp³-hybridized carbons (Fsp3) is 0.111. The quantitative estimate of drug-likeness (QED) is 0.401. The zero-order chi connectivity index (χ0) is 19.7. The van der Waals surface area contributed by atoms with Gasteiger partial charge in [-0.25, -0.2) is 9.59 Å². The van der Waals surface area contributed by atoms with E-state index in [9.17, 15) is 29.4 Å². The maximum atomic E-state index is 10.9. The van der Waals surface area contributed by atoms with E-state index in [0.717, 1.165) is 0 Å². The molecule has 0 aromatic heterocycles. The number of benzene rings is 2. The van der Waals surface area contributed by atoms with Crippen LogP contribution in [0.1, 0.15) is 41.4 Å². The van der Waals surface area contributed by atoms with Crippen molar-refractivity contribution in [2.24, 2.45) is 0 Å². The molecule has 8 nitrogen and oxygen atoms in total. The van der Waals surface area contributed by atoms with Gasteiger partial charge in [0.05, 0.1) is 37.3 Å². The van der Waals surface area contributed by atoms with Crippen molar-refractivity contribution in [1.82, 2.24) is 0 Å². The molecule has 9 heteroatoms. The van der Waals surface area contributed by atoms with Gasteiger partial charge in [0.2, 0.25) is 0 Å². The molecule has 0 saturated heterocycles. The molecule has 0 saturated carbocycles. The second-order valence-electron chi connectivity index (χ2n) is 4.71. The summed E-state index contributed by atoms with van der Waals surface area (Å²) in [4.78, 5) is 42.5. The summed E-state index contributed by atoms with van der Waals surface area (Å²) in [5.74, 6) is -3.53. The molecule has 2 aromatic carbocycles. The normalized spacial score (nSPS) is 8.96. The SMILES string of the molecule is COC(=O)c1ccc(C(=O)[O-])cc1.COC(=O)c1ccc(C(=O)[O-])cc1.[Ba+2]. The van der Waals surface area contributed by atoms with Crippen LogP contribution in [-0.4, -0.2) is 87.0 Å². The third-order valence-corrected chi connectivity index (χ3v) is 3.08. The average molecular weight is 496 g/mol. The fourth-order valence-corrected chi connectivity index (χ4v) is 1.72. The van der Waals surface area contributed by atoms with Crippen LogP contribution in [0.5, 0.6) is 0 Å². The third-order valence-electron chi connectivity index (χ3n) is 3.08. The Kier molecular flexibility index (Phi) is 11.3. The van der Waals surface area contributed by atoms with E-state index in [1.165, 1.54) is 62.8 Å². The molecule has 0 atom stereocenters. The molecule has 27 heavy (non-hydrogen) atoms. The summed E-state index contributed by atoms with van der Waals surface area (Å²) in [5.41, 5.74) is 0.695. The van der Waals surface area contributed by atoms with Gasteiger partial charge in [-0.3, -0.25) is 0 Å². The van der Waals surface area contributed by atoms with Gasteiger partial charge in [0.15, 0.2) is 0 Å². The van der Waals surface area contributed by atoms with E-state index in [0.29, 0.717) is 11.1 Å². The zero-order valence-corrected chi connectivity index (χ0v) is 19.0. The van der Waals surface area contributed by atoms with E-state index < -0.39 is 23.9 Å². The molecular weight excluding hydrogens is 482 g/mol. The van der Waals surface area contributed by atoms with Crippen molar-refractivity contribution in [3.8, 4) is 0 Å². The standard InChI is InChI=1S/2C9H8O4.Ba/c2*1-13-9(12)7-4-2-6(3-5-7)8(10)11;/h2*2-5H,1H3,(H,10,11);/q;;+2/p-2. The Morgan fingerprint density at radius 1 is 0.593 bits per heavy atom. The molecule has 0 fully saturated rings. The number of rotatable bonds is 4. The molecule has 0 N–H and O–H groups in total. The summed E-state index contributed by atoms with van der Waals surface area (Å²) in [5, 5.41) is 20.6. The van der Waals surface area contributed by atoms with Gasteiger partial charge in [-0.15, -0.1) is 0 Å². The number of aromatic carboxylic acids is 2. The minimum atomic E-state index is -1.27. The molecule has 0 amide bonds. The van der Waals surface area contributed by atoms with Gasteiger partial charge < -0.3 is 29.3 Å². The first-order chi connectivity index (χ1) is 12.3. The summed E-state index contributed by atoms with van der Waals surface area (Å²) in [7, 11) is 2.52. The second-order valence-corrected chi connectivity index (χ2v) is 4.71. The average Bonchev–Trinajstić information content (AvgIpc) is 2.67. The molecule has 0 heterocycles. The summed E-state index contributed by atoms with van der Waals surface area (Å²) in [6, 6.07) is 10.7. The van der Waals surface area contributed by atoms with Crippen LogP contribution in [0.2, 0.25) is 0 Å². The van der Waals surface area contributed by atoms with E-state index >= 15 is 0 Å². The number of ether oxygens (including phenoxy) is 2. The molecule has 0 bridgehead atoms. The minimum absolute atomic E-state index is 0. The largest absolute Gasteiger partial charge is 2.00 e. The van der Waals surface area contributed by atoms with Crippen LogP contribution in [0.15, 0.2) is 48.5 Å². The van der Waals surface area contributed by atoms with E-state index in [2.05, 4.69) is 9.47 Å². The van der Waals surface area contributed by atoms with Gasteiger partial charge in [0.25, 0.3) is 0 Å². The molecule has 0 spiro atoms. The number of carbonyl (C=O) groups excluding carboxylic acids is 4. The minimum Gasteiger partial charge on any atom is -0.545 e. The predicted octanol–water partition coefficient (Wildman–Crippen LogP) is -0.707. The first kappa shape index (κ1) is 24.9. The van der Waals surface area contributed by atoms with E-state index in [1.807, 2.05) is 0 Å². The second kappa shape index (κ2) is 12.3. The third kappa shape index (κ3) is 7.97. The van der Waals surface area contributed by atoms with Crippen LogP contribution in [0.3, 0.4) is 0 Å². The molecule has 2 aromatic rings. The van der Waals surface area contributed by atoms with Gasteiger partial charge in [-0.05, 0) is 35.4 Å². The number of carbonyl (C=O) groups is 4. The van der Waals surface area contributed by atoms with Crippen molar-refractivity contribution >= 4 is 72.8 Å². The molecule has 0 unspecified atom stereocenters. The van der Waals surface area contributed by atoms with Gasteiger partial charge in [0, 0.05) is 0 Å². The van der Waals surface area contributed by atoms with E-state index in [4.69, 9.17) is 0 Å². The molecular formula is C18H14BaO8. The Bertz CT molecular complexity index is 728. The molecule has 0 aliphatic carbocycles. The number of hydrogen-bond acceptors (Lipinski definition) is 8. The molecule has 0 aliphatic rings. The molecule has 0 radical (unpaired) electrons. The van der Waals surface area contributed by atoms with Gasteiger partial charge >= 0.3 is 60.8 Å². The predicted molar refractivity (Wildman–Crippen MR) is 90.0 cm³/mol. The van der Waals surface area contributed by atoms with Crippen molar-refractivity contribution < 1.29 is 38.9 Å². The first-order valence-corrected chi connectivity index (χ1v) is 7.09. The van der Waals surface area contributed by atoms with Crippen LogP contribution in [0.25, 0.3) is 0 Å². The Balaban J connectivity index is 0.000000483. The monoisotopic (exact) mass is 496 g/mol. The Hall–Kier alpha value is -2.11. The van der Waals surface area contributed by atoms with Crippen molar-refractivity contribution in [3.63, 3.8) is 0 Å². The maximum Gasteiger partial charge on any atom is 2.00 e. The molecule has 0 aliphatic heterocycles. The van der Waals surface area contributed by atoms with Crippen molar-refractivity contribution in [2.75, 3.05) is 14.2 Å². The first-order valence-electron chi connectivity index (χ1n) is 7.09. The number of methoxy groups -OCH3 is 2. The van der Waals surface area contributed by atoms with Crippen molar-refractivity contribution in [1.29, 1.82) is 0 Å². The number of esters is 2. The molecule has 2 rings (SSSR count). The topological polar surface area (TPSA) is 133 Å². The van der Waals surface area contributed by atoms with E-state index in [-0.39, 0.29) is 60.0 Å². The smallest absolute Gasteiger partial charge is 0.545 e. The maximum absolute atomic E-state index is 10.9. The van der Waals surface area contributed by atoms with Crippen molar-refractivity contribution in [3.05, 3.63) is 70.8 Å². The van der Waals surface area contributed by atoms with Gasteiger partial charge in [-0.2, -0.15) is 0 Å². The van der Waals surface area contributed by atoms with Crippen LogP contribution < -0.4 is 10.2 Å². The van der Waals surface area contributed by atoms with E-state index in [1.54, 1.807) is 0 Å². The van der Waals surface area contributed by atoms with Gasteiger partial charge in [0.1, 0.15) is 0 Å². The van der Waals surface area contributed by atoms with Crippen LogP contribution in [0, 0.1) is 0 Å². The number of carboxylic acid groups (broad SMARTS) is 2. The van der Waals surface area contributed by atoms with Crippen LogP contribution in [-0.2, 0) is 9.47 Å². The van der Waals surface area contributed by atoms with Crippen LogP contribution in [0.4, 0.5) is 0 Å².